The summed E-state index contributed by atoms with van der Waals surface area (Å²) < 4.78 is 11.7. The van der Waals surface area contributed by atoms with E-state index in [0.717, 1.165) is 42.0 Å². The molecule has 1 aliphatic heterocycles. The van der Waals surface area contributed by atoms with Crippen molar-refractivity contribution in [3.05, 3.63) is 22.2 Å². The maximum atomic E-state index is 6.21. The first-order valence-corrected chi connectivity index (χ1v) is 8.05. The minimum Gasteiger partial charge on any atom is -0.493 e. The normalized spacial score (nSPS) is 22.1. The Morgan fingerprint density at radius 1 is 1.33 bits per heavy atom. The summed E-state index contributed by atoms with van der Waals surface area (Å²) in [7, 11) is 3.31. The summed E-state index contributed by atoms with van der Waals surface area (Å²) in [5, 5.41) is 0. The van der Waals surface area contributed by atoms with Crippen molar-refractivity contribution in [3.63, 3.8) is 0 Å². The number of piperidine rings is 1. The molecule has 0 spiro atoms. The summed E-state index contributed by atoms with van der Waals surface area (Å²) in [6.07, 6.45) is 1.04. The van der Waals surface area contributed by atoms with Crippen LogP contribution in [-0.4, -0.2) is 38.3 Å². The molecule has 21 heavy (non-hydrogen) atoms. The van der Waals surface area contributed by atoms with Crippen molar-refractivity contribution in [2.45, 2.75) is 32.9 Å². The van der Waals surface area contributed by atoms with E-state index in [1.807, 2.05) is 6.07 Å². The van der Waals surface area contributed by atoms with Crippen LogP contribution >= 0.6 is 15.9 Å². The van der Waals surface area contributed by atoms with Crippen LogP contribution in [0.5, 0.6) is 11.5 Å². The highest BCUT2D eigenvalue weighted by molar-refractivity contribution is 9.10. The molecule has 1 fully saturated rings. The molecule has 1 saturated heterocycles. The van der Waals surface area contributed by atoms with Crippen molar-refractivity contribution in [1.29, 1.82) is 0 Å². The summed E-state index contributed by atoms with van der Waals surface area (Å²) in [6, 6.07) is 4.33. The third-order valence-electron chi connectivity index (χ3n) is 4.35. The number of nitrogens with zero attached hydrogens (tertiary/aromatic N) is 1. The van der Waals surface area contributed by atoms with Crippen LogP contribution in [0.2, 0.25) is 0 Å². The second kappa shape index (κ2) is 6.55. The largest absolute Gasteiger partial charge is 0.493 e. The lowest BCUT2D eigenvalue weighted by Crippen LogP contribution is -2.52. The van der Waals surface area contributed by atoms with Crippen molar-refractivity contribution in [2.24, 2.45) is 11.1 Å². The highest BCUT2D eigenvalue weighted by atomic mass is 79.9. The number of methoxy groups -OCH3 is 2. The Labute approximate surface area is 135 Å². The van der Waals surface area contributed by atoms with Crippen molar-refractivity contribution in [1.82, 2.24) is 4.90 Å². The third kappa shape index (κ3) is 3.52. The first-order valence-electron chi connectivity index (χ1n) is 7.26. The number of hydrogen-bond donors (Lipinski definition) is 1. The summed E-state index contributed by atoms with van der Waals surface area (Å²) in [5.74, 6) is 1.50. The first-order chi connectivity index (χ1) is 9.89. The second-order valence-electron chi connectivity index (χ2n) is 6.37. The van der Waals surface area contributed by atoms with Crippen LogP contribution in [0.4, 0.5) is 0 Å². The Kier molecular flexibility index (Phi) is 5.17. The third-order valence-corrected chi connectivity index (χ3v) is 5.22. The van der Waals surface area contributed by atoms with Crippen molar-refractivity contribution < 1.29 is 9.47 Å². The van der Waals surface area contributed by atoms with Gasteiger partial charge in [-0.05, 0) is 39.4 Å². The van der Waals surface area contributed by atoms with E-state index in [0.29, 0.717) is 0 Å². The molecule has 1 heterocycles. The number of rotatable bonds is 4. The van der Waals surface area contributed by atoms with Crippen molar-refractivity contribution in [2.75, 3.05) is 27.3 Å². The number of nitrogens with two attached hydrogens (primary N) is 1. The molecule has 1 unspecified atom stereocenters. The molecule has 1 aromatic rings. The number of ether oxygens (including phenoxy) is 2. The van der Waals surface area contributed by atoms with Crippen LogP contribution in [0.1, 0.15) is 25.8 Å². The number of halogens is 1. The average Bonchev–Trinajstić information content (AvgIpc) is 2.44. The van der Waals surface area contributed by atoms with Crippen molar-refractivity contribution in [3.8, 4) is 11.5 Å². The molecular formula is C16H25BrN2O2. The van der Waals surface area contributed by atoms with Gasteiger partial charge in [0.1, 0.15) is 0 Å². The van der Waals surface area contributed by atoms with Gasteiger partial charge in [0.05, 0.1) is 18.7 Å². The van der Waals surface area contributed by atoms with Gasteiger partial charge in [-0.2, -0.15) is 0 Å². The predicted octanol–water partition coefficient (Wildman–Crippen LogP) is 3.03. The molecule has 1 atom stereocenters. The van der Waals surface area contributed by atoms with Gasteiger partial charge in [-0.1, -0.05) is 19.9 Å². The van der Waals surface area contributed by atoms with Gasteiger partial charge < -0.3 is 15.2 Å². The molecule has 0 saturated carbocycles. The Morgan fingerprint density at radius 2 is 2.05 bits per heavy atom. The van der Waals surface area contributed by atoms with Crippen LogP contribution < -0.4 is 15.2 Å². The molecule has 0 aromatic heterocycles. The Morgan fingerprint density at radius 3 is 2.62 bits per heavy atom. The lowest BCUT2D eigenvalue weighted by Gasteiger charge is -2.42. The van der Waals surface area contributed by atoms with E-state index in [9.17, 15) is 0 Å². The van der Waals surface area contributed by atoms with E-state index in [2.05, 4.69) is 40.7 Å². The van der Waals surface area contributed by atoms with E-state index in [4.69, 9.17) is 15.2 Å². The molecule has 2 rings (SSSR count). The standard InChI is InChI=1S/C16H25BrN2O2/c1-16(2)10-19(8-7-13(16)18)9-11-5-6-12(20-3)15(21-4)14(11)17/h5-6,13H,7-10,18H2,1-4H3. The van der Waals surface area contributed by atoms with Crippen LogP contribution in [0.25, 0.3) is 0 Å². The molecule has 0 bridgehead atoms. The fourth-order valence-electron chi connectivity index (χ4n) is 2.91. The molecule has 4 nitrogen and oxygen atoms in total. The van der Waals surface area contributed by atoms with Gasteiger partial charge in [0.25, 0.3) is 0 Å². The summed E-state index contributed by atoms with van der Waals surface area (Å²) in [6.45, 7) is 7.42. The quantitative estimate of drug-likeness (QED) is 0.900. The molecule has 2 N–H and O–H groups in total. The van der Waals surface area contributed by atoms with Gasteiger partial charge >= 0.3 is 0 Å². The maximum absolute atomic E-state index is 6.21. The average molecular weight is 357 g/mol. The molecule has 0 aliphatic carbocycles. The highest BCUT2D eigenvalue weighted by Crippen LogP contribution is 2.38. The van der Waals surface area contributed by atoms with Gasteiger partial charge in [0.15, 0.2) is 11.5 Å². The number of benzene rings is 1. The SMILES string of the molecule is COc1ccc(CN2CCC(N)C(C)(C)C2)c(Br)c1OC. The van der Waals surface area contributed by atoms with E-state index in [1.165, 1.54) is 5.56 Å². The zero-order valence-corrected chi connectivity index (χ0v) is 14.9. The van der Waals surface area contributed by atoms with Crippen LogP contribution in [0.3, 0.4) is 0 Å². The van der Waals surface area contributed by atoms with E-state index in [-0.39, 0.29) is 11.5 Å². The van der Waals surface area contributed by atoms with E-state index in [1.54, 1.807) is 14.2 Å². The molecule has 0 amide bonds. The van der Waals surface area contributed by atoms with Gasteiger partial charge in [0, 0.05) is 25.7 Å². The molecule has 5 heteroatoms. The summed E-state index contributed by atoms with van der Waals surface area (Å²) in [5.41, 5.74) is 7.57. The minimum absolute atomic E-state index is 0.154. The van der Waals surface area contributed by atoms with Gasteiger partial charge in [0.2, 0.25) is 0 Å². The van der Waals surface area contributed by atoms with Crippen molar-refractivity contribution >= 4 is 15.9 Å². The van der Waals surface area contributed by atoms with Crippen LogP contribution in [-0.2, 0) is 6.54 Å². The Hall–Kier alpha value is -0.780. The lowest BCUT2D eigenvalue weighted by molar-refractivity contribution is 0.0896. The fourth-order valence-corrected chi connectivity index (χ4v) is 3.53. The summed E-state index contributed by atoms with van der Waals surface area (Å²) in [4.78, 5) is 2.45. The van der Waals surface area contributed by atoms with Crippen LogP contribution in [0, 0.1) is 5.41 Å². The first kappa shape index (κ1) is 16.6. The van der Waals surface area contributed by atoms with E-state index < -0.39 is 0 Å². The molecular weight excluding hydrogens is 332 g/mol. The molecule has 0 radical (unpaired) electrons. The second-order valence-corrected chi connectivity index (χ2v) is 7.16. The highest BCUT2D eigenvalue weighted by Gasteiger charge is 2.33. The fraction of sp³-hybridized carbons (Fsp3) is 0.625. The van der Waals surface area contributed by atoms with Crippen LogP contribution in [0.15, 0.2) is 16.6 Å². The molecule has 118 valence electrons. The van der Waals surface area contributed by atoms with Gasteiger partial charge in [-0.15, -0.1) is 0 Å². The smallest absolute Gasteiger partial charge is 0.175 e. The Bertz CT molecular complexity index is 505. The monoisotopic (exact) mass is 356 g/mol. The number of likely N-dealkylation sites (tertiary alicyclic amines) is 1. The maximum Gasteiger partial charge on any atom is 0.175 e. The van der Waals surface area contributed by atoms with Gasteiger partial charge in [-0.3, -0.25) is 4.90 Å². The predicted molar refractivity (Wildman–Crippen MR) is 88.9 cm³/mol. The Balaban J connectivity index is 2.17. The molecule has 1 aliphatic rings. The van der Waals surface area contributed by atoms with E-state index >= 15 is 0 Å². The zero-order chi connectivity index (χ0) is 15.6. The zero-order valence-electron chi connectivity index (χ0n) is 13.3. The van der Waals surface area contributed by atoms with Gasteiger partial charge in [-0.25, -0.2) is 0 Å². The topological polar surface area (TPSA) is 47.7 Å². The summed E-state index contributed by atoms with van der Waals surface area (Å²) >= 11 is 3.64. The number of hydrogen-bond acceptors (Lipinski definition) is 4. The molecule has 1 aromatic carbocycles. The lowest BCUT2D eigenvalue weighted by atomic mass is 9.79. The minimum atomic E-state index is 0.154.